The third-order valence-corrected chi connectivity index (χ3v) is 2.56. The Hall–Kier alpha value is -0.850. The highest BCUT2D eigenvalue weighted by Crippen LogP contribution is 2.38. The molecule has 15 heavy (non-hydrogen) atoms. The number of phenolic OH excluding ortho intramolecular Hbond substituents is 1. The van der Waals surface area contributed by atoms with Crippen molar-refractivity contribution < 1.29 is 19.3 Å². The molecular formula is C9H11BrFNO3. The number of phenols is 1. The predicted octanol–water partition coefficient (Wildman–Crippen LogP) is 1.29. The fraction of sp³-hybridized carbons (Fsp3) is 0.333. The van der Waals surface area contributed by atoms with E-state index in [2.05, 4.69) is 15.9 Å². The van der Waals surface area contributed by atoms with Crippen LogP contribution in [0.2, 0.25) is 0 Å². The van der Waals surface area contributed by atoms with Crippen LogP contribution in [0.15, 0.2) is 10.5 Å². The topological polar surface area (TPSA) is 75.7 Å². The van der Waals surface area contributed by atoms with Gasteiger partial charge in [0, 0.05) is 6.07 Å². The first-order valence-corrected chi connectivity index (χ1v) is 4.93. The highest BCUT2D eigenvalue weighted by atomic mass is 79.9. The Balaban J connectivity index is 3.40. The van der Waals surface area contributed by atoms with Crippen LogP contribution in [0.3, 0.4) is 0 Å². The zero-order valence-electron chi connectivity index (χ0n) is 8.00. The lowest BCUT2D eigenvalue weighted by Crippen LogP contribution is -2.16. The third kappa shape index (κ3) is 2.22. The summed E-state index contributed by atoms with van der Waals surface area (Å²) in [6, 6.07) is 0.300. The molecule has 0 amide bonds. The summed E-state index contributed by atoms with van der Waals surface area (Å²) in [5, 5.41) is 18.5. The Labute approximate surface area is 94.6 Å². The number of rotatable bonds is 3. The second-order valence-corrected chi connectivity index (χ2v) is 3.78. The first-order valence-electron chi connectivity index (χ1n) is 4.14. The maximum absolute atomic E-state index is 13.6. The fourth-order valence-electron chi connectivity index (χ4n) is 1.20. The van der Waals surface area contributed by atoms with E-state index in [9.17, 15) is 9.50 Å². The van der Waals surface area contributed by atoms with E-state index < -0.39 is 18.5 Å². The number of hydrogen-bond acceptors (Lipinski definition) is 4. The molecule has 1 aromatic rings. The van der Waals surface area contributed by atoms with Crippen LogP contribution >= 0.6 is 15.9 Å². The third-order valence-electron chi connectivity index (χ3n) is 1.98. The SMILES string of the molecule is COc1cc(Br)c(F)c([C@@H](N)CO)c1O. The van der Waals surface area contributed by atoms with Crippen LogP contribution < -0.4 is 10.5 Å². The van der Waals surface area contributed by atoms with Crippen molar-refractivity contribution in [2.45, 2.75) is 6.04 Å². The van der Waals surface area contributed by atoms with Crippen molar-refractivity contribution in [1.29, 1.82) is 0 Å². The summed E-state index contributed by atoms with van der Waals surface area (Å²) in [4.78, 5) is 0. The number of aliphatic hydroxyl groups excluding tert-OH is 1. The van der Waals surface area contributed by atoms with Gasteiger partial charge in [0.25, 0.3) is 0 Å². The summed E-state index contributed by atoms with van der Waals surface area (Å²) in [6.45, 7) is -0.468. The van der Waals surface area contributed by atoms with Gasteiger partial charge in [-0.1, -0.05) is 0 Å². The summed E-state index contributed by atoms with van der Waals surface area (Å²) < 4.78 is 18.5. The smallest absolute Gasteiger partial charge is 0.165 e. The average molecular weight is 280 g/mol. The van der Waals surface area contributed by atoms with Gasteiger partial charge in [0.05, 0.1) is 29.8 Å². The van der Waals surface area contributed by atoms with E-state index in [1.807, 2.05) is 0 Å². The largest absolute Gasteiger partial charge is 0.504 e. The molecule has 0 aliphatic rings. The van der Waals surface area contributed by atoms with Gasteiger partial charge in [-0.15, -0.1) is 0 Å². The number of hydrogen-bond donors (Lipinski definition) is 3. The summed E-state index contributed by atoms with van der Waals surface area (Å²) in [6.07, 6.45) is 0. The van der Waals surface area contributed by atoms with E-state index in [0.717, 1.165) is 0 Å². The van der Waals surface area contributed by atoms with Gasteiger partial charge in [0.15, 0.2) is 11.5 Å². The zero-order chi connectivity index (χ0) is 11.6. The lowest BCUT2D eigenvalue weighted by molar-refractivity contribution is 0.260. The molecule has 4 nitrogen and oxygen atoms in total. The Morgan fingerprint density at radius 3 is 2.73 bits per heavy atom. The van der Waals surface area contributed by atoms with Crippen LogP contribution in [-0.4, -0.2) is 23.9 Å². The fourth-order valence-corrected chi connectivity index (χ4v) is 1.62. The number of nitrogens with two attached hydrogens (primary N) is 1. The zero-order valence-corrected chi connectivity index (χ0v) is 9.58. The molecule has 0 radical (unpaired) electrons. The van der Waals surface area contributed by atoms with E-state index >= 15 is 0 Å². The van der Waals surface area contributed by atoms with Crippen molar-refractivity contribution in [3.63, 3.8) is 0 Å². The number of halogens is 2. The standard InChI is InChI=1S/C9H11BrFNO3/c1-15-6-2-4(10)8(11)7(9(6)14)5(12)3-13/h2,5,13-14H,3,12H2,1H3/t5-/m0/s1. The van der Waals surface area contributed by atoms with E-state index in [0.29, 0.717) is 0 Å². The lowest BCUT2D eigenvalue weighted by atomic mass is 10.1. The average Bonchev–Trinajstić information content (AvgIpc) is 2.23. The number of benzene rings is 1. The molecule has 0 fully saturated rings. The van der Waals surface area contributed by atoms with Crippen LogP contribution in [0.5, 0.6) is 11.5 Å². The Kier molecular flexibility index (Phi) is 3.90. The molecular weight excluding hydrogens is 269 g/mol. The Morgan fingerprint density at radius 1 is 1.67 bits per heavy atom. The van der Waals surface area contributed by atoms with E-state index in [1.54, 1.807) is 0 Å². The number of aromatic hydroxyl groups is 1. The van der Waals surface area contributed by atoms with Crippen molar-refractivity contribution >= 4 is 15.9 Å². The molecule has 4 N–H and O–H groups in total. The molecule has 0 spiro atoms. The molecule has 0 aromatic heterocycles. The highest BCUT2D eigenvalue weighted by Gasteiger charge is 2.21. The first kappa shape index (κ1) is 12.2. The second-order valence-electron chi connectivity index (χ2n) is 2.93. The molecule has 1 rings (SSSR count). The Bertz CT molecular complexity index is 373. The summed E-state index contributed by atoms with van der Waals surface area (Å²) in [5.74, 6) is -0.989. The molecule has 0 aliphatic carbocycles. The minimum absolute atomic E-state index is 0.0992. The van der Waals surface area contributed by atoms with Crippen molar-refractivity contribution in [3.8, 4) is 11.5 Å². The van der Waals surface area contributed by atoms with Crippen LogP contribution in [0.1, 0.15) is 11.6 Å². The number of aliphatic hydroxyl groups is 1. The predicted molar refractivity (Wildman–Crippen MR) is 56.3 cm³/mol. The molecule has 84 valence electrons. The van der Waals surface area contributed by atoms with Gasteiger partial charge in [-0.25, -0.2) is 4.39 Å². The summed E-state index contributed by atoms with van der Waals surface area (Å²) in [7, 11) is 1.34. The number of methoxy groups -OCH3 is 1. The molecule has 0 aliphatic heterocycles. The quantitative estimate of drug-likeness (QED) is 0.780. The minimum atomic E-state index is -0.989. The maximum Gasteiger partial charge on any atom is 0.165 e. The summed E-state index contributed by atoms with van der Waals surface area (Å²) in [5.41, 5.74) is 5.30. The van der Waals surface area contributed by atoms with Gasteiger partial charge < -0.3 is 20.7 Å². The summed E-state index contributed by atoms with van der Waals surface area (Å²) >= 11 is 2.97. The second kappa shape index (κ2) is 4.78. The van der Waals surface area contributed by atoms with Crippen LogP contribution in [0.25, 0.3) is 0 Å². The van der Waals surface area contributed by atoms with Gasteiger partial charge >= 0.3 is 0 Å². The molecule has 0 heterocycles. The van der Waals surface area contributed by atoms with Crippen molar-refractivity contribution in [2.24, 2.45) is 5.73 Å². The van der Waals surface area contributed by atoms with Crippen molar-refractivity contribution in [3.05, 3.63) is 21.9 Å². The molecule has 0 saturated heterocycles. The molecule has 6 heteroatoms. The van der Waals surface area contributed by atoms with Gasteiger partial charge in [-0.2, -0.15) is 0 Å². The Morgan fingerprint density at radius 2 is 2.27 bits per heavy atom. The van der Waals surface area contributed by atoms with E-state index in [-0.39, 0.29) is 21.5 Å². The van der Waals surface area contributed by atoms with Gasteiger partial charge in [0.2, 0.25) is 0 Å². The van der Waals surface area contributed by atoms with E-state index in [4.69, 9.17) is 15.6 Å². The van der Waals surface area contributed by atoms with Crippen LogP contribution in [0, 0.1) is 5.82 Å². The van der Waals surface area contributed by atoms with Gasteiger partial charge in [0.1, 0.15) is 5.82 Å². The minimum Gasteiger partial charge on any atom is -0.504 e. The van der Waals surface area contributed by atoms with Gasteiger partial charge in [-0.3, -0.25) is 0 Å². The van der Waals surface area contributed by atoms with Crippen molar-refractivity contribution in [1.82, 2.24) is 0 Å². The normalized spacial score (nSPS) is 12.6. The maximum atomic E-state index is 13.6. The van der Waals surface area contributed by atoms with Crippen LogP contribution in [0.4, 0.5) is 4.39 Å². The van der Waals surface area contributed by atoms with E-state index in [1.165, 1.54) is 13.2 Å². The molecule has 1 atom stereocenters. The number of ether oxygens (including phenoxy) is 1. The molecule has 0 saturated carbocycles. The first-order chi connectivity index (χ1) is 7.02. The lowest BCUT2D eigenvalue weighted by Gasteiger charge is -2.15. The molecule has 0 bridgehead atoms. The van der Waals surface area contributed by atoms with Crippen LogP contribution in [-0.2, 0) is 0 Å². The highest BCUT2D eigenvalue weighted by molar-refractivity contribution is 9.10. The van der Waals surface area contributed by atoms with Crippen molar-refractivity contribution in [2.75, 3.05) is 13.7 Å². The molecule has 1 aromatic carbocycles. The monoisotopic (exact) mass is 279 g/mol. The molecule has 0 unspecified atom stereocenters. The van der Waals surface area contributed by atoms with Gasteiger partial charge in [-0.05, 0) is 15.9 Å².